The van der Waals surface area contributed by atoms with Crippen LogP contribution < -0.4 is 15.8 Å². The van der Waals surface area contributed by atoms with Crippen molar-refractivity contribution >= 4 is 34.2 Å². The van der Waals surface area contributed by atoms with Gasteiger partial charge in [0.15, 0.2) is 0 Å². The minimum atomic E-state index is -3.68. The van der Waals surface area contributed by atoms with Crippen LogP contribution in [-0.4, -0.2) is 57.4 Å². The number of nitrogens with zero attached hydrogens (tertiary/aromatic N) is 1. The number of benzene rings is 1. The predicted octanol–water partition coefficient (Wildman–Crippen LogP) is 0.722. The second kappa shape index (κ2) is 10.8. The van der Waals surface area contributed by atoms with Crippen molar-refractivity contribution in [1.29, 1.82) is 0 Å². The van der Waals surface area contributed by atoms with Gasteiger partial charge in [-0.3, -0.25) is 9.59 Å². The minimum absolute atomic E-state index is 0. The molecule has 0 aromatic heterocycles. The summed E-state index contributed by atoms with van der Waals surface area (Å²) >= 11 is 0. The SMILES string of the molecule is CC(C)NS(=O)(=O)c1cccc(C(=O)N2CCCC(C(=O)NCCN)C2)c1.Cl. The van der Waals surface area contributed by atoms with Gasteiger partial charge in [0.25, 0.3) is 5.91 Å². The molecule has 0 aliphatic carbocycles. The van der Waals surface area contributed by atoms with Gasteiger partial charge in [-0.25, -0.2) is 13.1 Å². The Labute approximate surface area is 172 Å². The molecule has 1 unspecified atom stereocenters. The fourth-order valence-electron chi connectivity index (χ4n) is 3.07. The Hall–Kier alpha value is -1.68. The molecule has 1 aliphatic heterocycles. The largest absolute Gasteiger partial charge is 0.355 e. The first-order chi connectivity index (χ1) is 12.7. The Kier molecular flexibility index (Phi) is 9.35. The molecule has 1 atom stereocenters. The van der Waals surface area contributed by atoms with Crippen LogP contribution in [0.4, 0.5) is 0 Å². The molecular weight excluding hydrogens is 404 g/mol. The quantitative estimate of drug-likeness (QED) is 0.586. The van der Waals surface area contributed by atoms with Gasteiger partial charge in [-0.2, -0.15) is 0 Å². The van der Waals surface area contributed by atoms with E-state index in [9.17, 15) is 18.0 Å². The van der Waals surface area contributed by atoms with Crippen molar-refractivity contribution in [2.24, 2.45) is 11.7 Å². The first-order valence-electron chi connectivity index (χ1n) is 9.14. The highest BCUT2D eigenvalue weighted by Crippen LogP contribution is 2.20. The molecule has 158 valence electrons. The fraction of sp³-hybridized carbons (Fsp3) is 0.556. The van der Waals surface area contributed by atoms with E-state index in [1.54, 1.807) is 30.9 Å². The van der Waals surface area contributed by atoms with Gasteiger partial charge in [0.1, 0.15) is 0 Å². The van der Waals surface area contributed by atoms with E-state index >= 15 is 0 Å². The van der Waals surface area contributed by atoms with Crippen molar-refractivity contribution in [2.45, 2.75) is 37.6 Å². The lowest BCUT2D eigenvalue weighted by molar-refractivity contribution is -0.126. The summed E-state index contributed by atoms with van der Waals surface area (Å²) < 4.78 is 27.2. The molecule has 1 aromatic carbocycles. The summed E-state index contributed by atoms with van der Waals surface area (Å²) in [5, 5.41) is 2.76. The zero-order chi connectivity index (χ0) is 20.0. The smallest absolute Gasteiger partial charge is 0.253 e. The highest BCUT2D eigenvalue weighted by molar-refractivity contribution is 7.89. The van der Waals surface area contributed by atoms with Crippen LogP contribution in [0.15, 0.2) is 29.2 Å². The van der Waals surface area contributed by atoms with Crippen LogP contribution in [0.5, 0.6) is 0 Å². The maximum absolute atomic E-state index is 12.8. The van der Waals surface area contributed by atoms with Gasteiger partial charge in [-0.05, 0) is 44.9 Å². The van der Waals surface area contributed by atoms with E-state index in [2.05, 4.69) is 10.0 Å². The number of halogens is 1. The molecule has 0 saturated carbocycles. The summed E-state index contributed by atoms with van der Waals surface area (Å²) in [6.45, 7) is 5.10. The third kappa shape index (κ3) is 6.44. The lowest BCUT2D eigenvalue weighted by Gasteiger charge is -2.32. The summed E-state index contributed by atoms with van der Waals surface area (Å²) in [6, 6.07) is 5.74. The molecule has 2 amide bonds. The standard InChI is InChI=1S/C18H28N4O4S.ClH/c1-13(2)21-27(25,26)16-7-3-5-14(11-16)18(24)22-10-4-6-15(12-22)17(23)20-9-8-19;/h3,5,7,11,13,15,21H,4,6,8-10,12,19H2,1-2H3,(H,20,23);1H. The third-order valence-electron chi connectivity index (χ3n) is 4.31. The Morgan fingerprint density at radius 3 is 2.68 bits per heavy atom. The number of nitrogens with two attached hydrogens (primary N) is 1. The molecule has 8 nitrogen and oxygen atoms in total. The number of rotatable bonds is 7. The number of likely N-dealkylation sites (tertiary alicyclic amines) is 1. The van der Waals surface area contributed by atoms with E-state index in [1.807, 2.05) is 0 Å². The second-order valence-corrected chi connectivity index (χ2v) is 8.69. The van der Waals surface area contributed by atoms with E-state index in [-0.39, 0.29) is 41.1 Å². The highest BCUT2D eigenvalue weighted by Gasteiger charge is 2.29. The second-order valence-electron chi connectivity index (χ2n) is 6.97. The summed E-state index contributed by atoms with van der Waals surface area (Å²) in [7, 11) is -3.68. The Bertz CT molecular complexity index is 786. The summed E-state index contributed by atoms with van der Waals surface area (Å²) in [5.74, 6) is -0.646. The molecular formula is C18H29ClN4O4S. The van der Waals surface area contributed by atoms with Gasteiger partial charge in [-0.15, -0.1) is 12.4 Å². The van der Waals surface area contributed by atoms with E-state index in [0.717, 1.165) is 6.42 Å². The van der Waals surface area contributed by atoms with E-state index in [0.29, 0.717) is 38.2 Å². The van der Waals surface area contributed by atoms with Crippen LogP contribution >= 0.6 is 12.4 Å². The number of hydrogen-bond donors (Lipinski definition) is 3. The third-order valence-corrected chi connectivity index (χ3v) is 5.96. The maximum atomic E-state index is 12.8. The lowest BCUT2D eigenvalue weighted by atomic mass is 9.96. The Balaban J connectivity index is 0.00000392. The molecule has 1 aliphatic rings. The van der Waals surface area contributed by atoms with Gasteiger partial charge < -0.3 is 16.0 Å². The molecule has 0 bridgehead atoms. The first kappa shape index (κ1) is 24.4. The number of carbonyl (C=O) groups excluding carboxylic acids is 2. The zero-order valence-electron chi connectivity index (χ0n) is 16.2. The van der Waals surface area contributed by atoms with Gasteiger partial charge in [0.05, 0.1) is 10.8 Å². The normalized spacial score (nSPS) is 17.1. The topological polar surface area (TPSA) is 122 Å². The van der Waals surface area contributed by atoms with Crippen molar-refractivity contribution in [3.05, 3.63) is 29.8 Å². The average Bonchev–Trinajstić information content (AvgIpc) is 2.64. The van der Waals surface area contributed by atoms with E-state index < -0.39 is 10.0 Å². The van der Waals surface area contributed by atoms with Crippen molar-refractivity contribution in [3.63, 3.8) is 0 Å². The minimum Gasteiger partial charge on any atom is -0.355 e. The number of hydrogen-bond acceptors (Lipinski definition) is 5. The van der Waals surface area contributed by atoms with Crippen molar-refractivity contribution in [1.82, 2.24) is 14.9 Å². The fourth-order valence-corrected chi connectivity index (χ4v) is 4.37. The molecule has 28 heavy (non-hydrogen) atoms. The van der Waals surface area contributed by atoms with Gasteiger partial charge in [0.2, 0.25) is 15.9 Å². The molecule has 4 N–H and O–H groups in total. The van der Waals surface area contributed by atoms with Crippen LogP contribution in [-0.2, 0) is 14.8 Å². The van der Waals surface area contributed by atoms with Gasteiger partial charge >= 0.3 is 0 Å². The molecule has 1 aromatic rings. The first-order valence-corrected chi connectivity index (χ1v) is 10.6. The van der Waals surface area contributed by atoms with Gasteiger partial charge in [-0.1, -0.05) is 6.07 Å². The van der Waals surface area contributed by atoms with Crippen molar-refractivity contribution in [3.8, 4) is 0 Å². The Morgan fingerprint density at radius 1 is 1.32 bits per heavy atom. The molecule has 2 rings (SSSR count). The van der Waals surface area contributed by atoms with Crippen LogP contribution in [0, 0.1) is 5.92 Å². The van der Waals surface area contributed by atoms with E-state index in [4.69, 9.17) is 5.73 Å². The molecule has 1 fully saturated rings. The molecule has 10 heteroatoms. The molecule has 1 saturated heterocycles. The van der Waals surface area contributed by atoms with Crippen LogP contribution in [0.2, 0.25) is 0 Å². The summed E-state index contributed by atoms with van der Waals surface area (Å²) in [6.07, 6.45) is 1.44. The van der Waals surface area contributed by atoms with Crippen molar-refractivity contribution in [2.75, 3.05) is 26.2 Å². The molecule has 0 spiro atoms. The summed E-state index contributed by atoms with van der Waals surface area (Å²) in [5.41, 5.74) is 5.70. The number of carbonyl (C=O) groups is 2. The van der Waals surface area contributed by atoms with E-state index in [1.165, 1.54) is 12.1 Å². The number of piperidine rings is 1. The summed E-state index contributed by atoms with van der Waals surface area (Å²) in [4.78, 5) is 26.7. The van der Waals surface area contributed by atoms with Crippen molar-refractivity contribution < 1.29 is 18.0 Å². The predicted molar refractivity (Wildman–Crippen MR) is 110 cm³/mol. The maximum Gasteiger partial charge on any atom is 0.253 e. The average molecular weight is 433 g/mol. The highest BCUT2D eigenvalue weighted by atomic mass is 35.5. The molecule has 1 heterocycles. The number of sulfonamides is 1. The van der Waals surface area contributed by atoms with Gasteiger partial charge in [0, 0.05) is 37.8 Å². The Morgan fingerprint density at radius 2 is 2.04 bits per heavy atom. The monoisotopic (exact) mass is 432 g/mol. The van der Waals surface area contributed by atoms with Crippen LogP contribution in [0.1, 0.15) is 37.0 Å². The van der Waals surface area contributed by atoms with Crippen LogP contribution in [0.3, 0.4) is 0 Å². The van der Waals surface area contributed by atoms with Crippen LogP contribution in [0.25, 0.3) is 0 Å². The molecule has 0 radical (unpaired) electrons. The zero-order valence-corrected chi connectivity index (χ0v) is 17.8. The number of nitrogens with one attached hydrogen (secondary N) is 2. The lowest BCUT2D eigenvalue weighted by Crippen LogP contribution is -2.46. The number of amides is 2.